The molecular formula is C12H20ClN3. The number of hydrogen-bond donors (Lipinski definition) is 1. The highest BCUT2D eigenvalue weighted by Crippen LogP contribution is 2.10. The van der Waals surface area contributed by atoms with E-state index in [1.165, 1.54) is 0 Å². The molecule has 0 radical (unpaired) electrons. The van der Waals surface area contributed by atoms with Crippen LogP contribution in [0.2, 0.25) is 5.15 Å². The molecule has 0 aliphatic heterocycles. The largest absolute Gasteiger partial charge is 0.311 e. The van der Waals surface area contributed by atoms with Crippen LogP contribution < -0.4 is 5.32 Å². The number of aromatic nitrogens is 1. The summed E-state index contributed by atoms with van der Waals surface area (Å²) in [5, 5.41) is 3.95. The van der Waals surface area contributed by atoms with E-state index in [1.54, 1.807) is 6.20 Å². The third kappa shape index (κ3) is 4.47. The summed E-state index contributed by atoms with van der Waals surface area (Å²) in [4.78, 5) is 6.34. The van der Waals surface area contributed by atoms with Crippen molar-refractivity contribution in [2.24, 2.45) is 0 Å². The lowest BCUT2D eigenvalue weighted by Gasteiger charge is -2.20. The summed E-state index contributed by atoms with van der Waals surface area (Å²) in [7, 11) is 2.13. The molecule has 0 unspecified atom stereocenters. The number of rotatable bonds is 6. The summed E-state index contributed by atoms with van der Waals surface area (Å²) in [5.41, 5.74) is 1.05. The first-order chi connectivity index (χ1) is 7.61. The van der Waals surface area contributed by atoms with Gasteiger partial charge in [-0.2, -0.15) is 0 Å². The monoisotopic (exact) mass is 241 g/mol. The highest BCUT2D eigenvalue weighted by atomic mass is 35.5. The zero-order valence-electron chi connectivity index (χ0n) is 10.2. The van der Waals surface area contributed by atoms with Crippen molar-refractivity contribution >= 4 is 11.6 Å². The van der Waals surface area contributed by atoms with Crippen LogP contribution in [-0.4, -0.2) is 36.1 Å². The molecule has 0 aromatic carbocycles. The molecule has 1 aromatic heterocycles. The minimum Gasteiger partial charge on any atom is -0.311 e. The molecule has 1 aromatic rings. The van der Waals surface area contributed by atoms with E-state index in [9.17, 15) is 0 Å². The Morgan fingerprint density at radius 2 is 2.25 bits per heavy atom. The molecule has 1 heterocycles. The van der Waals surface area contributed by atoms with Crippen LogP contribution in [0.25, 0.3) is 0 Å². The Hall–Kier alpha value is -0.640. The summed E-state index contributed by atoms with van der Waals surface area (Å²) in [6.07, 6.45) is 1.71. The number of nitrogens with zero attached hydrogens (tertiary/aromatic N) is 2. The van der Waals surface area contributed by atoms with E-state index in [-0.39, 0.29) is 0 Å². The maximum atomic E-state index is 5.95. The van der Waals surface area contributed by atoms with Crippen LogP contribution in [0.1, 0.15) is 19.4 Å². The highest BCUT2D eigenvalue weighted by Gasteiger charge is 2.03. The van der Waals surface area contributed by atoms with Crippen molar-refractivity contribution in [1.82, 2.24) is 15.2 Å². The fourth-order valence-electron chi connectivity index (χ4n) is 1.29. The number of nitrogens with one attached hydrogen (secondary N) is 1. The van der Waals surface area contributed by atoms with Crippen LogP contribution in [0.4, 0.5) is 0 Å². The van der Waals surface area contributed by atoms with E-state index in [4.69, 9.17) is 11.6 Å². The molecule has 0 bridgehead atoms. The van der Waals surface area contributed by atoms with Gasteiger partial charge in [-0.1, -0.05) is 17.7 Å². The summed E-state index contributed by atoms with van der Waals surface area (Å²) in [6, 6.07) is 4.49. The molecule has 0 atom stereocenters. The van der Waals surface area contributed by atoms with Crippen molar-refractivity contribution in [3.05, 3.63) is 29.0 Å². The Labute approximate surface area is 103 Å². The molecular weight excluding hydrogens is 222 g/mol. The highest BCUT2D eigenvalue weighted by molar-refractivity contribution is 6.30. The average molecular weight is 242 g/mol. The number of halogens is 1. The standard InChI is InChI=1S/C12H20ClN3/c1-10(2)16(3)8-7-14-9-11-5-4-6-15-12(11)13/h4-6,10,14H,7-9H2,1-3H3. The summed E-state index contributed by atoms with van der Waals surface area (Å²) in [6.45, 7) is 7.16. The normalized spacial score (nSPS) is 11.4. The molecule has 4 heteroatoms. The number of pyridine rings is 1. The molecule has 3 nitrogen and oxygen atoms in total. The summed E-state index contributed by atoms with van der Waals surface area (Å²) >= 11 is 5.95. The van der Waals surface area contributed by atoms with Gasteiger partial charge in [0.25, 0.3) is 0 Å². The molecule has 1 N–H and O–H groups in total. The first-order valence-corrected chi connectivity index (χ1v) is 5.99. The molecule has 0 aliphatic rings. The van der Waals surface area contributed by atoms with Crippen molar-refractivity contribution in [2.75, 3.05) is 20.1 Å². The van der Waals surface area contributed by atoms with Crippen LogP contribution in [0.3, 0.4) is 0 Å². The fraction of sp³-hybridized carbons (Fsp3) is 0.583. The Morgan fingerprint density at radius 3 is 2.88 bits per heavy atom. The van der Waals surface area contributed by atoms with Crippen LogP contribution in [0.15, 0.2) is 18.3 Å². The zero-order valence-corrected chi connectivity index (χ0v) is 11.0. The third-order valence-corrected chi connectivity index (χ3v) is 3.01. The SMILES string of the molecule is CC(C)N(C)CCNCc1cccnc1Cl. The fourth-order valence-corrected chi connectivity index (χ4v) is 1.47. The van der Waals surface area contributed by atoms with Gasteiger partial charge in [-0.3, -0.25) is 0 Å². The number of hydrogen-bond acceptors (Lipinski definition) is 3. The molecule has 0 saturated carbocycles. The van der Waals surface area contributed by atoms with Crippen molar-refractivity contribution in [3.8, 4) is 0 Å². The molecule has 0 fully saturated rings. The molecule has 90 valence electrons. The second kappa shape index (κ2) is 6.84. The topological polar surface area (TPSA) is 28.2 Å². The Kier molecular flexibility index (Phi) is 5.74. The first kappa shape index (κ1) is 13.4. The maximum absolute atomic E-state index is 5.95. The predicted molar refractivity (Wildman–Crippen MR) is 68.7 cm³/mol. The zero-order chi connectivity index (χ0) is 12.0. The molecule has 0 aliphatic carbocycles. The summed E-state index contributed by atoms with van der Waals surface area (Å²) < 4.78 is 0. The van der Waals surface area contributed by atoms with Gasteiger partial charge in [0.05, 0.1) is 0 Å². The first-order valence-electron chi connectivity index (χ1n) is 5.61. The Morgan fingerprint density at radius 1 is 1.50 bits per heavy atom. The minimum atomic E-state index is 0.587. The van der Waals surface area contributed by atoms with Gasteiger partial charge in [0.1, 0.15) is 5.15 Å². The molecule has 1 rings (SSSR count). The van der Waals surface area contributed by atoms with Crippen LogP contribution in [0, 0.1) is 0 Å². The van der Waals surface area contributed by atoms with Gasteiger partial charge in [-0.25, -0.2) is 4.98 Å². The Balaban J connectivity index is 2.24. The Bertz CT molecular complexity index is 315. The van der Waals surface area contributed by atoms with Crippen molar-refractivity contribution in [3.63, 3.8) is 0 Å². The van der Waals surface area contributed by atoms with Gasteiger partial charge in [-0.05, 0) is 27.0 Å². The van der Waals surface area contributed by atoms with E-state index >= 15 is 0 Å². The lowest BCUT2D eigenvalue weighted by molar-refractivity contribution is 0.273. The van der Waals surface area contributed by atoms with E-state index in [2.05, 4.69) is 36.1 Å². The van der Waals surface area contributed by atoms with Crippen LogP contribution >= 0.6 is 11.6 Å². The van der Waals surface area contributed by atoms with E-state index in [1.807, 2.05) is 12.1 Å². The van der Waals surface area contributed by atoms with Gasteiger partial charge < -0.3 is 10.2 Å². The molecule has 0 amide bonds. The van der Waals surface area contributed by atoms with Crippen molar-refractivity contribution in [2.45, 2.75) is 26.4 Å². The van der Waals surface area contributed by atoms with E-state index in [0.29, 0.717) is 11.2 Å². The smallest absolute Gasteiger partial charge is 0.133 e. The van der Waals surface area contributed by atoms with E-state index < -0.39 is 0 Å². The van der Waals surface area contributed by atoms with Gasteiger partial charge in [0, 0.05) is 37.4 Å². The van der Waals surface area contributed by atoms with Crippen molar-refractivity contribution < 1.29 is 0 Å². The predicted octanol–water partition coefficient (Wildman–Crippen LogP) is 2.16. The lowest BCUT2D eigenvalue weighted by atomic mass is 10.3. The van der Waals surface area contributed by atoms with Gasteiger partial charge in [0.2, 0.25) is 0 Å². The van der Waals surface area contributed by atoms with E-state index in [0.717, 1.165) is 25.2 Å². The van der Waals surface area contributed by atoms with Gasteiger partial charge in [-0.15, -0.1) is 0 Å². The van der Waals surface area contributed by atoms with Crippen LogP contribution in [-0.2, 0) is 6.54 Å². The second-order valence-corrected chi connectivity index (χ2v) is 4.56. The minimum absolute atomic E-state index is 0.587. The third-order valence-electron chi connectivity index (χ3n) is 2.67. The molecule has 0 saturated heterocycles. The summed E-state index contributed by atoms with van der Waals surface area (Å²) in [5.74, 6) is 0. The second-order valence-electron chi connectivity index (χ2n) is 4.20. The van der Waals surface area contributed by atoms with Gasteiger partial charge >= 0.3 is 0 Å². The van der Waals surface area contributed by atoms with Crippen LogP contribution in [0.5, 0.6) is 0 Å². The van der Waals surface area contributed by atoms with Crippen molar-refractivity contribution in [1.29, 1.82) is 0 Å². The average Bonchev–Trinajstić information content (AvgIpc) is 2.26. The van der Waals surface area contributed by atoms with Gasteiger partial charge in [0.15, 0.2) is 0 Å². The molecule has 16 heavy (non-hydrogen) atoms. The quantitative estimate of drug-likeness (QED) is 0.611. The maximum Gasteiger partial charge on any atom is 0.133 e. The number of likely N-dealkylation sites (N-methyl/N-ethyl adjacent to an activating group) is 1. The lowest BCUT2D eigenvalue weighted by Crippen LogP contribution is -2.33. The molecule has 0 spiro atoms.